The van der Waals surface area contributed by atoms with Crippen molar-refractivity contribution in [1.29, 1.82) is 0 Å². The van der Waals surface area contributed by atoms with Crippen LogP contribution in [0, 0.1) is 0 Å². The molecule has 1 aliphatic heterocycles. The first-order valence-corrected chi connectivity index (χ1v) is 16.6. The summed E-state index contributed by atoms with van der Waals surface area (Å²) in [6.07, 6.45) is -0.313. The van der Waals surface area contributed by atoms with E-state index in [0.29, 0.717) is 5.84 Å². The van der Waals surface area contributed by atoms with Crippen LogP contribution in [-0.2, 0) is 0 Å². The zero-order valence-corrected chi connectivity index (χ0v) is 26.5. The van der Waals surface area contributed by atoms with Gasteiger partial charge in [0.15, 0.2) is 5.84 Å². The quantitative estimate of drug-likeness (QED) is 0.197. The molecule has 0 fully saturated rings. The first-order chi connectivity index (χ1) is 24.3. The van der Waals surface area contributed by atoms with Crippen molar-refractivity contribution in [1.82, 2.24) is 5.32 Å². The number of fused-ring (bicyclic) bond motifs is 7. The lowest BCUT2D eigenvalue weighted by molar-refractivity contribution is 0.668. The molecule has 4 heteroatoms. The van der Waals surface area contributed by atoms with Crippen LogP contribution in [0.4, 0.5) is 0 Å². The van der Waals surface area contributed by atoms with Gasteiger partial charge in [0, 0.05) is 21.9 Å². The van der Waals surface area contributed by atoms with E-state index in [1.807, 2.05) is 12.1 Å². The highest BCUT2D eigenvalue weighted by Gasteiger charge is 2.25. The normalized spacial score (nSPS) is 14.7. The Hall–Kier alpha value is -6.52. The number of hydrogen-bond acceptors (Lipinski definition) is 4. The van der Waals surface area contributed by atoms with Gasteiger partial charge in [-0.15, -0.1) is 0 Å². The second-order valence-electron chi connectivity index (χ2n) is 12.6. The first-order valence-electron chi connectivity index (χ1n) is 16.6. The van der Waals surface area contributed by atoms with Gasteiger partial charge < -0.3 is 9.73 Å². The predicted molar refractivity (Wildman–Crippen MR) is 204 cm³/mol. The summed E-state index contributed by atoms with van der Waals surface area (Å²) < 4.78 is 6.60. The molecular weight excluding hydrogens is 599 g/mol. The third-order valence-electron chi connectivity index (χ3n) is 9.70. The topological polar surface area (TPSA) is 49.9 Å². The monoisotopic (exact) mass is 627 g/mol. The average molecular weight is 628 g/mol. The minimum atomic E-state index is -0.313. The van der Waals surface area contributed by atoms with Gasteiger partial charge in [-0.25, -0.2) is 9.98 Å². The number of rotatable bonds is 4. The Labute approximate surface area is 282 Å². The standard InChI is InChI=1S/C45H29N3O/c1-2-13-29(14-3-1)43-46-44(32-25-24-28-12-4-5-15-30(28)26-32)48-45(47-43)37-21-11-23-40-42(37)41-36(20-10-22-39(41)49-40)38-27-31-16-6-7-17-33(31)34-18-8-9-19-35(34)38/h1-27,43H,(H,46,47,48). The molecule has 0 bridgehead atoms. The van der Waals surface area contributed by atoms with Crippen LogP contribution < -0.4 is 5.32 Å². The maximum absolute atomic E-state index is 6.60. The highest BCUT2D eigenvalue weighted by Crippen LogP contribution is 2.42. The molecule has 0 radical (unpaired) electrons. The second-order valence-corrected chi connectivity index (χ2v) is 12.6. The molecule has 1 unspecified atom stereocenters. The fourth-order valence-corrected chi connectivity index (χ4v) is 7.42. The van der Waals surface area contributed by atoms with E-state index in [9.17, 15) is 0 Å². The third kappa shape index (κ3) is 4.53. The summed E-state index contributed by atoms with van der Waals surface area (Å²) in [5, 5.41) is 13.1. The number of aliphatic imine (C=N–C) groups is 2. The molecule has 9 aromatic rings. The van der Waals surface area contributed by atoms with Crippen LogP contribution >= 0.6 is 0 Å². The van der Waals surface area contributed by atoms with E-state index >= 15 is 0 Å². The summed E-state index contributed by atoms with van der Waals surface area (Å²) in [5.41, 5.74) is 6.99. The van der Waals surface area contributed by atoms with E-state index in [1.54, 1.807) is 0 Å². The molecule has 0 aliphatic carbocycles. The zero-order valence-electron chi connectivity index (χ0n) is 26.5. The van der Waals surface area contributed by atoms with Gasteiger partial charge in [0.25, 0.3) is 0 Å². The summed E-state index contributed by atoms with van der Waals surface area (Å²) in [4.78, 5) is 10.4. The van der Waals surface area contributed by atoms with Crippen molar-refractivity contribution in [2.45, 2.75) is 6.17 Å². The summed E-state index contributed by atoms with van der Waals surface area (Å²) >= 11 is 0. The van der Waals surface area contributed by atoms with Crippen molar-refractivity contribution in [3.63, 3.8) is 0 Å². The Bertz CT molecular complexity index is 2810. The molecule has 1 aliphatic rings. The van der Waals surface area contributed by atoms with Crippen molar-refractivity contribution in [2.24, 2.45) is 9.98 Å². The minimum absolute atomic E-state index is 0.313. The number of furan rings is 1. The molecule has 8 aromatic carbocycles. The summed E-state index contributed by atoms with van der Waals surface area (Å²) in [6.45, 7) is 0. The largest absolute Gasteiger partial charge is 0.456 e. The number of benzene rings is 8. The zero-order chi connectivity index (χ0) is 32.3. The third-order valence-corrected chi connectivity index (χ3v) is 9.70. The van der Waals surface area contributed by atoms with Crippen LogP contribution in [0.3, 0.4) is 0 Å². The van der Waals surface area contributed by atoms with Crippen LogP contribution in [0.25, 0.3) is 65.4 Å². The van der Waals surface area contributed by atoms with Crippen LogP contribution in [-0.4, -0.2) is 11.7 Å². The molecule has 1 aromatic heterocycles. The lowest BCUT2D eigenvalue weighted by Gasteiger charge is -2.24. The Morgan fingerprint density at radius 2 is 1.12 bits per heavy atom. The average Bonchev–Trinajstić information content (AvgIpc) is 3.57. The fourth-order valence-electron chi connectivity index (χ4n) is 7.42. The molecule has 49 heavy (non-hydrogen) atoms. The molecule has 0 saturated heterocycles. The van der Waals surface area contributed by atoms with Crippen LogP contribution in [0.2, 0.25) is 0 Å². The lowest BCUT2D eigenvalue weighted by atomic mass is 9.90. The van der Waals surface area contributed by atoms with Crippen molar-refractivity contribution < 1.29 is 4.42 Å². The van der Waals surface area contributed by atoms with Gasteiger partial charge >= 0.3 is 0 Å². The maximum Gasteiger partial charge on any atom is 0.159 e. The molecular formula is C45H29N3O. The van der Waals surface area contributed by atoms with Crippen molar-refractivity contribution in [2.75, 3.05) is 0 Å². The van der Waals surface area contributed by atoms with Gasteiger partial charge in [-0.3, -0.25) is 0 Å². The number of hydrogen-bond donors (Lipinski definition) is 1. The summed E-state index contributed by atoms with van der Waals surface area (Å²) in [5.74, 6) is 1.46. The SMILES string of the molecule is c1ccc(C2N=C(c3ccc4ccccc4c3)N=C(c3cccc4oc5cccc(-c6cc7ccccc7c7ccccc67)c5c34)N2)cc1. The molecule has 10 rings (SSSR count). The Balaban J connectivity index is 1.22. The number of amidine groups is 2. The van der Waals surface area contributed by atoms with Crippen LogP contribution in [0.5, 0.6) is 0 Å². The van der Waals surface area contributed by atoms with Gasteiger partial charge in [0.1, 0.15) is 23.2 Å². The van der Waals surface area contributed by atoms with E-state index in [0.717, 1.165) is 55.4 Å². The van der Waals surface area contributed by atoms with Crippen LogP contribution in [0.15, 0.2) is 178 Å². The smallest absolute Gasteiger partial charge is 0.159 e. The van der Waals surface area contributed by atoms with E-state index in [2.05, 4.69) is 157 Å². The van der Waals surface area contributed by atoms with Crippen molar-refractivity contribution in [3.8, 4) is 11.1 Å². The van der Waals surface area contributed by atoms with Crippen molar-refractivity contribution in [3.05, 3.63) is 180 Å². The van der Waals surface area contributed by atoms with Gasteiger partial charge in [-0.2, -0.15) is 0 Å². The van der Waals surface area contributed by atoms with E-state index in [-0.39, 0.29) is 6.17 Å². The molecule has 1 N–H and O–H groups in total. The van der Waals surface area contributed by atoms with E-state index in [4.69, 9.17) is 14.4 Å². The maximum atomic E-state index is 6.60. The van der Waals surface area contributed by atoms with Gasteiger partial charge in [0.2, 0.25) is 0 Å². The van der Waals surface area contributed by atoms with E-state index in [1.165, 1.54) is 32.5 Å². The van der Waals surface area contributed by atoms with Crippen LogP contribution in [0.1, 0.15) is 22.9 Å². The Morgan fingerprint density at radius 1 is 0.469 bits per heavy atom. The summed E-state index contributed by atoms with van der Waals surface area (Å²) in [6, 6.07) is 57.5. The molecule has 0 spiro atoms. The fraction of sp³-hybridized carbons (Fsp3) is 0.0222. The number of nitrogens with zero attached hydrogens (tertiary/aromatic N) is 2. The summed E-state index contributed by atoms with van der Waals surface area (Å²) in [7, 11) is 0. The molecule has 0 saturated carbocycles. The molecule has 1 atom stereocenters. The molecule has 230 valence electrons. The Kier molecular flexibility index (Phi) is 6.21. The predicted octanol–water partition coefficient (Wildman–Crippen LogP) is 11.2. The van der Waals surface area contributed by atoms with Gasteiger partial charge in [-0.05, 0) is 73.3 Å². The highest BCUT2D eigenvalue weighted by atomic mass is 16.3. The Morgan fingerprint density at radius 3 is 1.94 bits per heavy atom. The lowest BCUT2D eigenvalue weighted by Crippen LogP contribution is -2.33. The molecule has 0 amide bonds. The highest BCUT2D eigenvalue weighted by molar-refractivity contribution is 6.26. The number of nitrogens with one attached hydrogen (secondary N) is 1. The minimum Gasteiger partial charge on any atom is -0.456 e. The van der Waals surface area contributed by atoms with Crippen molar-refractivity contribution >= 4 is 65.9 Å². The van der Waals surface area contributed by atoms with E-state index < -0.39 is 0 Å². The molecule has 2 heterocycles. The molecule has 4 nitrogen and oxygen atoms in total. The van der Waals surface area contributed by atoms with Gasteiger partial charge in [0.05, 0.1) is 0 Å². The first kappa shape index (κ1) is 27.6. The van der Waals surface area contributed by atoms with Gasteiger partial charge in [-0.1, -0.05) is 140 Å². The second kappa shape index (κ2) is 11.0.